The second-order valence-corrected chi connectivity index (χ2v) is 8.23. The SMILES string of the molecule is CCC/C=C(\CCC)CCC(=O)c1ccc(C(=O)CC/C(=C/CCC)CCC)cc1. The second kappa shape index (κ2) is 15.8. The number of Topliss-reactive ketones (excluding diaryl/α,β-unsaturated/α-hetero) is 2. The number of unbranched alkanes of at least 4 members (excludes halogenated alkanes) is 2. The molecule has 0 radical (unpaired) electrons. The molecule has 0 spiro atoms. The van der Waals surface area contributed by atoms with Crippen LogP contribution in [0, 0.1) is 0 Å². The van der Waals surface area contributed by atoms with Gasteiger partial charge in [-0.15, -0.1) is 0 Å². The topological polar surface area (TPSA) is 34.1 Å². The first-order valence-corrected chi connectivity index (χ1v) is 12.1. The molecule has 2 heteroatoms. The highest BCUT2D eigenvalue weighted by molar-refractivity contribution is 5.99. The van der Waals surface area contributed by atoms with E-state index in [2.05, 4.69) is 39.8 Å². The molecule has 0 aromatic heterocycles. The summed E-state index contributed by atoms with van der Waals surface area (Å²) in [6.45, 7) is 8.73. The van der Waals surface area contributed by atoms with Crippen molar-refractivity contribution in [1.82, 2.24) is 0 Å². The molecule has 0 aliphatic heterocycles. The van der Waals surface area contributed by atoms with Crippen molar-refractivity contribution in [2.75, 3.05) is 0 Å². The summed E-state index contributed by atoms with van der Waals surface area (Å²) < 4.78 is 0. The molecular weight excluding hydrogens is 368 g/mol. The van der Waals surface area contributed by atoms with Crippen molar-refractivity contribution >= 4 is 11.6 Å². The molecule has 1 aromatic carbocycles. The third-order valence-corrected chi connectivity index (χ3v) is 5.46. The third kappa shape index (κ3) is 10.2. The first-order chi connectivity index (χ1) is 14.5. The Bertz CT molecular complexity index is 631. The monoisotopic (exact) mass is 410 g/mol. The Hall–Kier alpha value is -1.96. The zero-order chi connectivity index (χ0) is 22.2. The fourth-order valence-corrected chi connectivity index (χ4v) is 3.68. The van der Waals surface area contributed by atoms with Crippen LogP contribution >= 0.6 is 0 Å². The molecule has 0 saturated carbocycles. The van der Waals surface area contributed by atoms with Crippen molar-refractivity contribution in [2.24, 2.45) is 0 Å². The quantitative estimate of drug-likeness (QED) is 0.202. The van der Waals surface area contributed by atoms with Crippen LogP contribution in [0.25, 0.3) is 0 Å². The predicted octanol–water partition coefficient (Wildman–Crippen LogP) is 8.67. The molecule has 0 bridgehead atoms. The van der Waals surface area contributed by atoms with Crippen molar-refractivity contribution in [3.8, 4) is 0 Å². The number of hydrogen-bond acceptors (Lipinski definition) is 2. The van der Waals surface area contributed by atoms with Crippen LogP contribution in [0.3, 0.4) is 0 Å². The number of rotatable bonds is 16. The van der Waals surface area contributed by atoms with Crippen molar-refractivity contribution in [2.45, 2.75) is 105 Å². The minimum Gasteiger partial charge on any atom is -0.294 e. The van der Waals surface area contributed by atoms with Gasteiger partial charge in [0, 0.05) is 24.0 Å². The predicted molar refractivity (Wildman–Crippen MR) is 129 cm³/mol. The molecule has 0 atom stereocenters. The lowest BCUT2D eigenvalue weighted by atomic mass is 9.96. The maximum atomic E-state index is 12.6. The molecule has 0 aliphatic carbocycles. The van der Waals surface area contributed by atoms with E-state index in [0.717, 1.165) is 64.2 Å². The normalized spacial score (nSPS) is 12.3. The number of allylic oxidation sites excluding steroid dienone is 4. The fourth-order valence-electron chi connectivity index (χ4n) is 3.68. The van der Waals surface area contributed by atoms with Crippen LogP contribution in [-0.4, -0.2) is 11.6 Å². The average Bonchev–Trinajstić information content (AvgIpc) is 2.77. The van der Waals surface area contributed by atoms with Crippen LogP contribution in [0.1, 0.15) is 125 Å². The van der Waals surface area contributed by atoms with Gasteiger partial charge in [0.1, 0.15) is 0 Å². The standard InChI is InChI=1S/C28H42O2/c1-5-9-13-23(11-7-3)15-21-27(29)25-17-19-26(20-18-25)28(30)22-16-24(12-8-4)14-10-6-2/h13-14,17-20H,5-12,15-16,21-22H2,1-4H3/b23-13+,24-14+. The summed E-state index contributed by atoms with van der Waals surface area (Å²) in [6.07, 6.45) is 16.3. The molecule has 166 valence electrons. The van der Waals surface area contributed by atoms with Crippen molar-refractivity contribution < 1.29 is 9.59 Å². The first-order valence-electron chi connectivity index (χ1n) is 12.1. The Kier molecular flexibility index (Phi) is 13.8. The Labute approximate surface area is 184 Å². The van der Waals surface area contributed by atoms with E-state index in [1.54, 1.807) is 0 Å². The van der Waals surface area contributed by atoms with Gasteiger partial charge in [-0.1, -0.05) is 101 Å². The highest BCUT2D eigenvalue weighted by Gasteiger charge is 2.11. The van der Waals surface area contributed by atoms with Gasteiger partial charge in [0.15, 0.2) is 11.6 Å². The summed E-state index contributed by atoms with van der Waals surface area (Å²) in [5.41, 5.74) is 4.23. The summed E-state index contributed by atoms with van der Waals surface area (Å²) in [4.78, 5) is 25.2. The fraction of sp³-hybridized carbons (Fsp3) is 0.571. The first kappa shape index (κ1) is 26.1. The number of carbonyl (C=O) groups excluding carboxylic acids is 2. The van der Waals surface area contributed by atoms with Gasteiger partial charge < -0.3 is 0 Å². The van der Waals surface area contributed by atoms with E-state index >= 15 is 0 Å². The van der Waals surface area contributed by atoms with E-state index < -0.39 is 0 Å². The van der Waals surface area contributed by atoms with Gasteiger partial charge in [-0.05, 0) is 38.5 Å². The maximum absolute atomic E-state index is 12.6. The lowest BCUT2D eigenvalue weighted by Gasteiger charge is -2.08. The molecule has 0 fully saturated rings. The summed E-state index contributed by atoms with van der Waals surface area (Å²) in [5, 5.41) is 0. The molecule has 0 heterocycles. The van der Waals surface area contributed by atoms with Gasteiger partial charge in [0.05, 0.1) is 0 Å². The Morgan fingerprint density at radius 3 is 1.23 bits per heavy atom. The number of carbonyl (C=O) groups is 2. The number of hydrogen-bond donors (Lipinski definition) is 0. The summed E-state index contributed by atoms with van der Waals surface area (Å²) in [5.74, 6) is 0.334. The molecular formula is C28H42O2. The summed E-state index contributed by atoms with van der Waals surface area (Å²) in [6, 6.07) is 7.30. The number of ketones is 2. The van der Waals surface area contributed by atoms with E-state index in [4.69, 9.17) is 0 Å². The van der Waals surface area contributed by atoms with Crippen LogP contribution < -0.4 is 0 Å². The van der Waals surface area contributed by atoms with Crippen LogP contribution in [0.15, 0.2) is 47.6 Å². The Morgan fingerprint density at radius 1 is 0.567 bits per heavy atom. The Morgan fingerprint density at radius 2 is 0.933 bits per heavy atom. The van der Waals surface area contributed by atoms with Gasteiger partial charge in [-0.3, -0.25) is 9.59 Å². The van der Waals surface area contributed by atoms with E-state index in [1.807, 2.05) is 24.3 Å². The van der Waals surface area contributed by atoms with Gasteiger partial charge in [0.2, 0.25) is 0 Å². The van der Waals surface area contributed by atoms with Crippen molar-refractivity contribution in [3.05, 3.63) is 58.7 Å². The van der Waals surface area contributed by atoms with E-state index in [9.17, 15) is 9.59 Å². The largest absolute Gasteiger partial charge is 0.294 e. The zero-order valence-corrected chi connectivity index (χ0v) is 19.8. The molecule has 0 N–H and O–H groups in total. The smallest absolute Gasteiger partial charge is 0.163 e. The van der Waals surface area contributed by atoms with E-state index in [0.29, 0.717) is 24.0 Å². The number of benzene rings is 1. The molecule has 0 saturated heterocycles. The van der Waals surface area contributed by atoms with Crippen LogP contribution in [0.5, 0.6) is 0 Å². The van der Waals surface area contributed by atoms with Gasteiger partial charge in [0.25, 0.3) is 0 Å². The molecule has 0 amide bonds. The minimum absolute atomic E-state index is 0.167. The minimum atomic E-state index is 0.167. The molecule has 1 rings (SSSR count). The van der Waals surface area contributed by atoms with Crippen molar-refractivity contribution in [1.29, 1.82) is 0 Å². The highest BCUT2D eigenvalue weighted by atomic mass is 16.1. The average molecular weight is 411 g/mol. The van der Waals surface area contributed by atoms with E-state index in [-0.39, 0.29) is 11.6 Å². The van der Waals surface area contributed by atoms with Crippen molar-refractivity contribution in [3.63, 3.8) is 0 Å². The lowest BCUT2D eigenvalue weighted by molar-refractivity contribution is 0.0971. The molecule has 2 nitrogen and oxygen atoms in total. The van der Waals surface area contributed by atoms with E-state index in [1.165, 1.54) is 11.1 Å². The van der Waals surface area contributed by atoms with Gasteiger partial charge in [-0.25, -0.2) is 0 Å². The lowest BCUT2D eigenvalue weighted by Crippen LogP contribution is -2.03. The maximum Gasteiger partial charge on any atom is 0.163 e. The highest BCUT2D eigenvalue weighted by Crippen LogP contribution is 2.19. The molecule has 30 heavy (non-hydrogen) atoms. The third-order valence-electron chi connectivity index (χ3n) is 5.46. The second-order valence-electron chi connectivity index (χ2n) is 8.23. The van der Waals surface area contributed by atoms with Crippen LogP contribution in [0.2, 0.25) is 0 Å². The molecule has 0 unspecified atom stereocenters. The zero-order valence-electron chi connectivity index (χ0n) is 19.8. The van der Waals surface area contributed by atoms with Gasteiger partial charge in [-0.2, -0.15) is 0 Å². The van der Waals surface area contributed by atoms with Crippen LogP contribution in [-0.2, 0) is 0 Å². The Balaban J connectivity index is 2.62. The molecule has 0 aliphatic rings. The summed E-state index contributed by atoms with van der Waals surface area (Å²) in [7, 11) is 0. The van der Waals surface area contributed by atoms with Gasteiger partial charge >= 0.3 is 0 Å². The summed E-state index contributed by atoms with van der Waals surface area (Å²) >= 11 is 0. The van der Waals surface area contributed by atoms with Crippen LogP contribution in [0.4, 0.5) is 0 Å². The molecule has 1 aromatic rings.